The molecule has 0 saturated carbocycles. The summed E-state index contributed by atoms with van der Waals surface area (Å²) < 4.78 is 48.5. The van der Waals surface area contributed by atoms with Crippen molar-refractivity contribution in [1.29, 1.82) is 0 Å². The zero-order chi connectivity index (χ0) is 25.4. The molecule has 0 aromatic heterocycles. The van der Waals surface area contributed by atoms with Gasteiger partial charge in [-0.05, 0) is 36.4 Å². The number of methoxy groups -OCH3 is 1. The fourth-order valence-corrected chi connectivity index (χ4v) is 3.05. The molecule has 7 nitrogen and oxygen atoms in total. The molecule has 1 unspecified atom stereocenters. The molecule has 35 heavy (non-hydrogen) atoms. The maximum Gasteiger partial charge on any atom is 0.416 e. The average Bonchev–Trinajstić information content (AvgIpc) is 2.86. The molecule has 182 valence electrons. The lowest BCUT2D eigenvalue weighted by Gasteiger charge is -2.18. The first-order valence-electron chi connectivity index (χ1n) is 10.3. The van der Waals surface area contributed by atoms with Crippen LogP contribution in [0.4, 0.5) is 18.9 Å². The van der Waals surface area contributed by atoms with Gasteiger partial charge in [0, 0.05) is 22.9 Å². The Morgan fingerprint density at radius 2 is 1.60 bits per heavy atom. The number of ether oxygens (including phenoxy) is 2. The van der Waals surface area contributed by atoms with Crippen LogP contribution in [0.3, 0.4) is 0 Å². The second kappa shape index (κ2) is 11.2. The SMILES string of the molecule is COc1cccc(NC(=O)C(OC(=O)CNC(=O)c2ccc(C(F)(F)F)cc2)c2ccccc2)c1. The van der Waals surface area contributed by atoms with Crippen molar-refractivity contribution in [3.63, 3.8) is 0 Å². The predicted octanol–water partition coefficient (Wildman–Crippen LogP) is 4.37. The Bertz CT molecular complexity index is 1180. The van der Waals surface area contributed by atoms with Gasteiger partial charge in [0.15, 0.2) is 0 Å². The first-order valence-corrected chi connectivity index (χ1v) is 10.3. The topological polar surface area (TPSA) is 93.7 Å². The number of halogens is 3. The Hall–Kier alpha value is -4.34. The predicted molar refractivity (Wildman–Crippen MR) is 121 cm³/mol. The number of rotatable bonds is 8. The van der Waals surface area contributed by atoms with E-state index in [-0.39, 0.29) is 5.56 Å². The molecule has 0 aliphatic rings. The van der Waals surface area contributed by atoms with E-state index in [9.17, 15) is 27.6 Å². The lowest BCUT2D eigenvalue weighted by Crippen LogP contribution is -2.33. The minimum atomic E-state index is -4.53. The molecule has 2 amide bonds. The molecule has 0 heterocycles. The van der Waals surface area contributed by atoms with Gasteiger partial charge in [-0.3, -0.25) is 14.4 Å². The van der Waals surface area contributed by atoms with Gasteiger partial charge >= 0.3 is 12.1 Å². The first kappa shape index (κ1) is 25.3. The summed E-state index contributed by atoms with van der Waals surface area (Å²) >= 11 is 0. The lowest BCUT2D eigenvalue weighted by atomic mass is 10.1. The van der Waals surface area contributed by atoms with E-state index in [1.807, 2.05) is 0 Å². The monoisotopic (exact) mass is 486 g/mol. The number of hydrogen-bond acceptors (Lipinski definition) is 5. The smallest absolute Gasteiger partial charge is 0.416 e. The molecule has 2 N–H and O–H groups in total. The highest BCUT2D eigenvalue weighted by Gasteiger charge is 2.30. The van der Waals surface area contributed by atoms with Crippen molar-refractivity contribution >= 4 is 23.5 Å². The minimum absolute atomic E-state index is 0.0684. The van der Waals surface area contributed by atoms with Crippen LogP contribution in [0.1, 0.15) is 27.6 Å². The Balaban J connectivity index is 1.65. The summed E-state index contributed by atoms with van der Waals surface area (Å²) in [5.74, 6) is -1.80. The van der Waals surface area contributed by atoms with Crippen molar-refractivity contribution in [1.82, 2.24) is 5.32 Å². The largest absolute Gasteiger partial charge is 0.497 e. The first-order chi connectivity index (χ1) is 16.7. The number of benzene rings is 3. The van der Waals surface area contributed by atoms with Crippen molar-refractivity contribution < 1.29 is 37.0 Å². The van der Waals surface area contributed by atoms with E-state index in [1.54, 1.807) is 54.6 Å². The molecule has 0 saturated heterocycles. The van der Waals surface area contributed by atoms with E-state index < -0.39 is 42.2 Å². The molecular weight excluding hydrogens is 465 g/mol. The van der Waals surface area contributed by atoms with Crippen LogP contribution >= 0.6 is 0 Å². The summed E-state index contributed by atoms with van der Waals surface area (Å²) in [4.78, 5) is 37.5. The fraction of sp³-hybridized carbons (Fsp3) is 0.160. The molecule has 0 fully saturated rings. The van der Waals surface area contributed by atoms with Crippen molar-refractivity contribution in [3.8, 4) is 5.75 Å². The van der Waals surface area contributed by atoms with Crippen LogP contribution in [0.15, 0.2) is 78.9 Å². The summed E-state index contributed by atoms with van der Waals surface area (Å²) in [6.07, 6.45) is -5.85. The van der Waals surface area contributed by atoms with Crippen molar-refractivity contribution in [2.24, 2.45) is 0 Å². The molecular formula is C25H21F3N2O5. The van der Waals surface area contributed by atoms with Gasteiger partial charge in [0.1, 0.15) is 12.3 Å². The molecule has 3 rings (SSSR count). The van der Waals surface area contributed by atoms with E-state index in [2.05, 4.69) is 10.6 Å². The Morgan fingerprint density at radius 3 is 2.23 bits per heavy atom. The summed E-state index contributed by atoms with van der Waals surface area (Å²) in [5, 5.41) is 4.93. The second-order valence-corrected chi connectivity index (χ2v) is 7.26. The quantitative estimate of drug-likeness (QED) is 0.462. The highest BCUT2D eigenvalue weighted by molar-refractivity contribution is 5.98. The Labute approximate surface area is 198 Å². The van der Waals surface area contributed by atoms with E-state index >= 15 is 0 Å². The van der Waals surface area contributed by atoms with Crippen LogP contribution < -0.4 is 15.4 Å². The Morgan fingerprint density at radius 1 is 0.914 bits per heavy atom. The summed E-state index contributed by atoms with van der Waals surface area (Å²) in [6.45, 7) is -0.602. The van der Waals surface area contributed by atoms with Gasteiger partial charge in [-0.25, -0.2) is 0 Å². The van der Waals surface area contributed by atoms with Gasteiger partial charge in [-0.2, -0.15) is 13.2 Å². The molecule has 0 aliphatic carbocycles. The van der Waals surface area contributed by atoms with E-state index in [1.165, 1.54) is 7.11 Å². The van der Waals surface area contributed by atoms with Gasteiger partial charge < -0.3 is 20.1 Å². The lowest BCUT2D eigenvalue weighted by molar-refractivity contribution is -0.153. The third-order valence-electron chi connectivity index (χ3n) is 4.79. The number of hydrogen-bond donors (Lipinski definition) is 2. The summed E-state index contributed by atoms with van der Waals surface area (Å²) in [5.41, 5.74) is -0.153. The van der Waals surface area contributed by atoms with Gasteiger partial charge in [-0.15, -0.1) is 0 Å². The molecule has 0 spiro atoms. The zero-order valence-corrected chi connectivity index (χ0v) is 18.5. The molecule has 0 radical (unpaired) electrons. The van der Waals surface area contributed by atoms with Gasteiger partial charge in [0.05, 0.1) is 12.7 Å². The third-order valence-corrected chi connectivity index (χ3v) is 4.79. The van der Waals surface area contributed by atoms with E-state index in [4.69, 9.17) is 9.47 Å². The van der Waals surface area contributed by atoms with Gasteiger partial charge in [0.2, 0.25) is 6.10 Å². The molecule has 3 aromatic carbocycles. The van der Waals surface area contributed by atoms with Crippen molar-refractivity contribution in [2.75, 3.05) is 19.0 Å². The highest BCUT2D eigenvalue weighted by atomic mass is 19.4. The standard InChI is InChI=1S/C25H21F3N2O5/c1-34-20-9-5-8-19(14-20)30-24(33)22(16-6-3-2-4-7-16)35-21(31)15-29-23(32)17-10-12-18(13-11-17)25(26,27)28/h2-14,22H,15H2,1H3,(H,29,32)(H,30,33). The number of alkyl halides is 3. The number of carbonyl (C=O) groups excluding carboxylic acids is 3. The minimum Gasteiger partial charge on any atom is -0.497 e. The normalized spacial score (nSPS) is 11.8. The van der Waals surface area contributed by atoms with Gasteiger partial charge in [-0.1, -0.05) is 36.4 Å². The second-order valence-electron chi connectivity index (χ2n) is 7.26. The number of anilines is 1. The van der Waals surface area contributed by atoms with Crippen LogP contribution in [-0.2, 0) is 20.5 Å². The van der Waals surface area contributed by atoms with Crippen LogP contribution in [0.2, 0.25) is 0 Å². The zero-order valence-electron chi connectivity index (χ0n) is 18.5. The van der Waals surface area contributed by atoms with Crippen LogP contribution in [0.25, 0.3) is 0 Å². The fourth-order valence-electron chi connectivity index (χ4n) is 3.05. The molecule has 3 aromatic rings. The number of esters is 1. The van der Waals surface area contributed by atoms with Crippen LogP contribution in [0, 0.1) is 0 Å². The number of nitrogens with one attached hydrogen (secondary N) is 2. The number of amides is 2. The molecule has 1 atom stereocenters. The molecule has 10 heteroatoms. The summed E-state index contributed by atoms with van der Waals surface area (Å²) in [6, 6.07) is 18.4. The van der Waals surface area contributed by atoms with Crippen molar-refractivity contribution in [2.45, 2.75) is 12.3 Å². The highest BCUT2D eigenvalue weighted by Crippen LogP contribution is 2.29. The average molecular weight is 486 g/mol. The molecule has 0 aliphatic heterocycles. The van der Waals surface area contributed by atoms with Crippen molar-refractivity contribution in [3.05, 3.63) is 95.6 Å². The Kier molecular flexibility index (Phi) is 8.08. The summed E-state index contributed by atoms with van der Waals surface area (Å²) in [7, 11) is 1.48. The van der Waals surface area contributed by atoms with Crippen LogP contribution in [-0.4, -0.2) is 31.4 Å². The van der Waals surface area contributed by atoms with Gasteiger partial charge in [0.25, 0.3) is 11.8 Å². The van der Waals surface area contributed by atoms with E-state index in [0.29, 0.717) is 17.0 Å². The third kappa shape index (κ3) is 7.07. The maximum absolute atomic E-state index is 12.9. The van der Waals surface area contributed by atoms with E-state index in [0.717, 1.165) is 24.3 Å². The van der Waals surface area contributed by atoms with Crippen LogP contribution in [0.5, 0.6) is 5.75 Å². The molecule has 0 bridgehead atoms. The maximum atomic E-state index is 12.9. The number of carbonyl (C=O) groups is 3.